The molecule has 1 aliphatic rings. The molecule has 0 aromatic heterocycles. The van der Waals surface area contributed by atoms with Gasteiger partial charge >= 0.3 is 0 Å². The average Bonchev–Trinajstić information content (AvgIpc) is 2.52. The van der Waals surface area contributed by atoms with Crippen molar-refractivity contribution in [1.29, 1.82) is 0 Å². The molecule has 1 saturated carbocycles. The maximum Gasteiger partial charge on any atom is 0.251 e. The number of halogens is 1. The first-order valence-electron chi connectivity index (χ1n) is 7.95. The number of carbonyl (C=O) groups excluding carboxylic acids is 2. The van der Waals surface area contributed by atoms with Crippen molar-refractivity contribution in [2.45, 2.75) is 31.7 Å². The topological polar surface area (TPSA) is 58.2 Å². The van der Waals surface area contributed by atoms with Gasteiger partial charge in [0.25, 0.3) is 5.91 Å². The van der Waals surface area contributed by atoms with Crippen LogP contribution in [0, 0.1) is 5.82 Å². The van der Waals surface area contributed by atoms with Gasteiger partial charge in [-0.3, -0.25) is 9.59 Å². The van der Waals surface area contributed by atoms with Crippen molar-refractivity contribution in [3.05, 3.63) is 65.5 Å². The first kappa shape index (κ1) is 16.2. The fourth-order valence-electron chi connectivity index (χ4n) is 2.98. The van der Waals surface area contributed by atoms with Crippen LogP contribution in [0.3, 0.4) is 0 Å². The number of amides is 2. The van der Waals surface area contributed by atoms with Crippen LogP contribution in [0.15, 0.2) is 48.5 Å². The van der Waals surface area contributed by atoms with Gasteiger partial charge in [0.15, 0.2) is 0 Å². The molecule has 0 saturated heterocycles. The van der Waals surface area contributed by atoms with Gasteiger partial charge in [0, 0.05) is 18.2 Å². The highest BCUT2D eigenvalue weighted by Crippen LogP contribution is 2.41. The molecule has 24 heavy (non-hydrogen) atoms. The number of nitrogens with one attached hydrogen (secondary N) is 2. The number of benzene rings is 2. The largest absolute Gasteiger partial charge is 0.343 e. The number of hydrogen-bond donors (Lipinski definition) is 2. The van der Waals surface area contributed by atoms with E-state index < -0.39 is 5.54 Å². The SMILES string of the molecule is CC(=O)Nc1ccc(C(=O)NC2(c3ccc(F)cc3)CCC2)cc1. The molecule has 2 amide bonds. The van der Waals surface area contributed by atoms with Gasteiger partial charge in [0.1, 0.15) is 5.82 Å². The zero-order valence-electron chi connectivity index (χ0n) is 13.4. The Morgan fingerprint density at radius 3 is 2.12 bits per heavy atom. The normalized spacial score (nSPS) is 15.2. The van der Waals surface area contributed by atoms with Crippen LogP contribution < -0.4 is 10.6 Å². The van der Waals surface area contributed by atoms with Crippen LogP contribution in [-0.4, -0.2) is 11.8 Å². The maximum absolute atomic E-state index is 13.1. The number of hydrogen-bond acceptors (Lipinski definition) is 2. The summed E-state index contributed by atoms with van der Waals surface area (Å²) in [6, 6.07) is 13.1. The quantitative estimate of drug-likeness (QED) is 0.902. The molecule has 0 spiro atoms. The van der Waals surface area contributed by atoms with Gasteiger partial charge < -0.3 is 10.6 Å². The zero-order chi connectivity index (χ0) is 17.2. The Bertz CT molecular complexity index is 750. The third-order valence-electron chi connectivity index (χ3n) is 4.42. The Kier molecular flexibility index (Phi) is 4.34. The van der Waals surface area contributed by atoms with E-state index in [-0.39, 0.29) is 17.6 Å². The molecule has 0 radical (unpaired) electrons. The van der Waals surface area contributed by atoms with E-state index in [9.17, 15) is 14.0 Å². The molecule has 1 aliphatic carbocycles. The van der Waals surface area contributed by atoms with Crippen LogP contribution in [0.1, 0.15) is 42.1 Å². The average molecular weight is 326 g/mol. The minimum absolute atomic E-state index is 0.156. The zero-order valence-corrected chi connectivity index (χ0v) is 13.4. The maximum atomic E-state index is 13.1. The molecule has 0 bridgehead atoms. The lowest BCUT2D eigenvalue weighted by atomic mass is 9.71. The molecule has 5 heteroatoms. The van der Waals surface area contributed by atoms with Crippen LogP contribution in [0.25, 0.3) is 0 Å². The monoisotopic (exact) mass is 326 g/mol. The molecule has 1 fully saturated rings. The van der Waals surface area contributed by atoms with E-state index in [1.165, 1.54) is 19.1 Å². The molecule has 0 atom stereocenters. The van der Waals surface area contributed by atoms with Crippen molar-refractivity contribution in [3.63, 3.8) is 0 Å². The summed E-state index contributed by atoms with van der Waals surface area (Å²) >= 11 is 0. The molecule has 2 N–H and O–H groups in total. The van der Waals surface area contributed by atoms with E-state index >= 15 is 0 Å². The molecular weight excluding hydrogens is 307 g/mol. The number of anilines is 1. The second kappa shape index (κ2) is 6.43. The summed E-state index contributed by atoms with van der Waals surface area (Å²) in [4.78, 5) is 23.6. The summed E-state index contributed by atoms with van der Waals surface area (Å²) in [5, 5.41) is 5.76. The fraction of sp³-hybridized carbons (Fsp3) is 0.263. The second-order valence-electron chi connectivity index (χ2n) is 6.16. The van der Waals surface area contributed by atoms with E-state index in [0.29, 0.717) is 11.3 Å². The van der Waals surface area contributed by atoms with E-state index in [4.69, 9.17) is 0 Å². The first-order chi connectivity index (χ1) is 11.5. The molecule has 124 valence electrons. The highest BCUT2D eigenvalue weighted by Gasteiger charge is 2.40. The standard InChI is InChI=1S/C19H19FN2O2/c1-13(23)21-17-9-3-14(4-10-17)18(24)22-19(11-2-12-19)15-5-7-16(20)8-6-15/h3-10H,2,11-12H2,1H3,(H,21,23)(H,22,24). The van der Waals surface area contributed by atoms with Crippen molar-refractivity contribution in [2.24, 2.45) is 0 Å². The lowest BCUT2D eigenvalue weighted by Crippen LogP contribution is -2.50. The number of carbonyl (C=O) groups is 2. The third-order valence-corrected chi connectivity index (χ3v) is 4.42. The van der Waals surface area contributed by atoms with Crippen molar-refractivity contribution >= 4 is 17.5 Å². The lowest BCUT2D eigenvalue weighted by molar-refractivity contribution is -0.114. The van der Waals surface area contributed by atoms with Crippen LogP contribution in [-0.2, 0) is 10.3 Å². The van der Waals surface area contributed by atoms with Gasteiger partial charge in [-0.05, 0) is 61.2 Å². The van der Waals surface area contributed by atoms with Crippen molar-refractivity contribution < 1.29 is 14.0 Å². The first-order valence-corrected chi connectivity index (χ1v) is 7.95. The Morgan fingerprint density at radius 2 is 1.62 bits per heavy atom. The summed E-state index contributed by atoms with van der Waals surface area (Å²) in [5.41, 5.74) is 1.69. The van der Waals surface area contributed by atoms with Gasteiger partial charge in [-0.1, -0.05) is 12.1 Å². The Hall–Kier alpha value is -2.69. The van der Waals surface area contributed by atoms with Gasteiger partial charge in [0.2, 0.25) is 5.91 Å². The highest BCUT2D eigenvalue weighted by atomic mass is 19.1. The summed E-state index contributed by atoms with van der Waals surface area (Å²) in [6.45, 7) is 1.43. The predicted octanol–water partition coefficient (Wildman–Crippen LogP) is 3.59. The van der Waals surface area contributed by atoms with Gasteiger partial charge in [-0.25, -0.2) is 4.39 Å². The van der Waals surface area contributed by atoms with Crippen molar-refractivity contribution in [1.82, 2.24) is 5.32 Å². The molecule has 4 nitrogen and oxygen atoms in total. The molecule has 2 aromatic carbocycles. The Balaban J connectivity index is 1.75. The van der Waals surface area contributed by atoms with E-state index in [2.05, 4.69) is 10.6 Å². The van der Waals surface area contributed by atoms with Gasteiger partial charge in [0.05, 0.1) is 5.54 Å². The van der Waals surface area contributed by atoms with Crippen LogP contribution in [0.2, 0.25) is 0 Å². The lowest BCUT2D eigenvalue weighted by Gasteiger charge is -2.43. The van der Waals surface area contributed by atoms with E-state index in [0.717, 1.165) is 24.8 Å². The van der Waals surface area contributed by atoms with E-state index in [1.807, 2.05) is 0 Å². The smallest absolute Gasteiger partial charge is 0.251 e. The summed E-state index contributed by atoms with van der Waals surface area (Å²) in [6.07, 6.45) is 2.71. The van der Waals surface area contributed by atoms with Crippen molar-refractivity contribution in [2.75, 3.05) is 5.32 Å². The summed E-state index contributed by atoms with van der Waals surface area (Å²) in [7, 11) is 0. The number of rotatable bonds is 4. The van der Waals surface area contributed by atoms with Gasteiger partial charge in [-0.2, -0.15) is 0 Å². The fourth-order valence-corrected chi connectivity index (χ4v) is 2.98. The second-order valence-corrected chi connectivity index (χ2v) is 6.16. The van der Waals surface area contributed by atoms with E-state index in [1.54, 1.807) is 36.4 Å². The van der Waals surface area contributed by atoms with Gasteiger partial charge in [-0.15, -0.1) is 0 Å². The molecule has 0 aliphatic heterocycles. The Labute approximate surface area is 140 Å². The molecule has 3 rings (SSSR count). The molecule has 2 aromatic rings. The van der Waals surface area contributed by atoms with Crippen LogP contribution in [0.5, 0.6) is 0 Å². The predicted molar refractivity (Wildman–Crippen MR) is 90.1 cm³/mol. The van der Waals surface area contributed by atoms with Crippen LogP contribution in [0.4, 0.5) is 10.1 Å². The molecule has 0 heterocycles. The molecular formula is C19H19FN2O2. The Morgan fingerprint density at radius 1 is 1.00 bits per heavy atom. The summed E-state index contributed by atoms with van der Waals surface area (Å²) < 4.78 is 13.1. The minimum Gasteiger partial charge on any atom is -0.343 e. The van der Waals surface area contributed by atoms with Crippen molar-refractivity contribution in [3.8, 4) is 0 Å². The van der Waals surface area contributed by atoms with Crippen LogP contribution >= 0.6 is 0 Å². The minimum atomic E-state index is -0.416. The summed E-state index contributed by atoms with van der Waals surface area (Å²) in [5.74, 6) is -0.613. The highest BCUT2D eigenvalue weighted by molar-refractivity contribution is 5.96. The molecule has 0 unspecified atom stereocenters. The third kappa shape index (κ3) is 3.30.